The van der Waals surface area contributed by atoms with E-state index in [9.17, 15) is 8.42 Å². The van der Waals surface area contributed by atoms with Crippen LogP contribution in [0.25, 0.3) is 0 Å². The molecule has 1 heterocycles. The Kier molecular flexibility index (Phi) is 5.96. The third-order valence-electron chi connectivity index (χ3n) is 4.85. The molecule has 1 saturated heterocycles. The zero-order valence-corrected chi connectivity index (χ0v) is 16.1. The SMILES string of the molecule is COc1ccc(S(C)(=O)=O)cc1CN[C@@H]1CCCN[C@@H]1c1ccccc1. The number of nitrogens with one attached hydrogen (secondary N) is 2. The Morgan fingerprint density at radius 2 is 1.96 bits per heavy atom. The first-order chi connectivity index (χ1) is 12.5. The smallest absolute Gasteiger partial charge is 0.175 e. The molecule has 2 N–H and O–H groups in total. The number of benzene rings is 2. The molecule has 2 aromatic carbocycles. The van der Waals surface area contributed by atoms with Crippen LogP contribution in [0.5, 0.6) is 5.75 Å². The standard InChI is InChI=1S/C20H26N2O3S/c1-25-19-11-10-17(26(2,23)24)13-16(19)14-22-18-9-6-12-21-20(18)15-7-4-3-5-8-15/h3-5,7-8,10-11,13,18,20-22H,6,9,12,14H2,1-2H3/t18-,20-/m1/s1. The van der Waals surface area contributed by atoms with Crippen LogP contribution in [-0.4, -0.2) is 34.4 Å². The van der Waals surface area contributed by atoms with Crippen molar-refractivity contribution in [3.05, 3.63) is 59.7 Å². The summed E-state index contributed by atoms with van der Waals surface area (Å²) < 4.78 is 29.1. The number of methoxy groups -OCH3 is 1. The van der Waals surface area contributed by atoms with Gasteiger partial charge >= 0.3 is 0 Å². The minimum Gasteiger partial charge on any atom is -0.496 e. The van der Waals surface area contributed by atoms with Crippen molar-refractivity contribution in [2.45, 2.75) is 36.4 Å². The second kappa shape index (κ2) is 8.20. The minimum atomic E-state index is -3.24. The van der Waals surface area contributed by atoms with Gasteiger partial charge in [-0.05, 0) is 43.1 Å². The molecule has 5 nitrogen and oxygen atoms in total. The normalized spacial score (nSPS) is 20.7. The van der Waals surface area contributed by atoms with Gasteiger partial charge in [-0.25, -0.2) is 8.42 Å². The predicted octanol–water partition coefficient (Wildman–Crippen LogP) is 2.68. The van der Waals surface area contributed by atoms with E-state index in [-0.39, 0.29) is 12.1 Å². The molecule has 140 valence electrons. The van der Waals surface area contributed by atoms with E-state index >= 15 is 0 Å². The summed E-state index contributed by atoms with van der Waals surface area (Å²) >= 11 is 0. The molecular formula is C20H26N2O3S. The maximum absolute atomic E-state index is 11.9. The Morgan fingerprint density at radius 1 is 1.19 bits per heavy atom. The van der Waals surface area contributed by atoms with Crippen molar-refractivity contribution in [1.29, 1.82) is 0 Å². The van der Waals surface area contributed by atoms with Crippen LogP contribution < -0.4 is 15.4 Å². The fourth-order valence-electron chi connectivity index (χ4n) is 3.48. The maximum atomic E-state index is 11.9. The van der Waals surface area contributed by atoms with E-state index in [0.717, 1.165) is 24.9 Å². The summed E-state index contributed by atoms with van der Waals surface area (Å²) in [5.74, 6) is 0.699. The lowest BCUT2D eigenvalue weighted by atomic mass is 9.92. The lowest BCUT2D eigenvalue weighted by Gasteiger charge is -2.34. The topological polar surface area (TPSA) is 67.4 Å². The molecular weight excluding hydrogens is 348 g/mol. The van der Waals surface area contributed by atoms with Crippen molar-refractivity contribution < 1.29 is 13.2 Å². The van der Waals surface area contributed by atoms with Gasteiger partial charge in [0.25, 0.3) is 0 Å². The molecule has 26 heavy (non-hydrogen) atoms. The maximum Gasteiger partial charge on any atom is 0.175 e. The molecule has 0 amide bonds. The van der Waals surface area contributed by atoms with Gasteiger partial charge in [0.05, 0.1) is 12.0 Å². The molecule has 0 radical (unpaired) electrons. The van der Waals surface area contributed by atoms with Gasteiger partial charge in [-0.15, -0.1) is 0 Å². The molecule has 6 heteroatoms. The molecule has 1 fully saturated rings. The first kappa shape index (κ1) is 18.9. The summed E-state index contributed by atoms with van der Waals surface area (Å²) in [4.78, 5) is 0.316. The monoisotopic (exact) mass is 374 g/mol. The highest BCUT2D eigenvalue weighted by Gasteiger charge is 2.26. The van der Waals surface area contributed by atoms with Crippen LogP contribution in [0.3, 0.4) is 0 Å². The van der Waals surface area contributed by atoms with Gasteiger partial charge in [0.2, 0.25) is 0 Å². The zero-order valence-electron chi connectivity index (χ0n) is 15.2. The quantitative estimate of drug-likeness (QED) is 0.814. The van der Waals surface area contributed by atoms with Crippen LogP contribution in [-0.2, 0) is 16.4 Å². The largest absolute Gasteiger partial charge is 0.496 e. The number of rotatable bonds is 6. The molecule has 0 spiro atoms. The summed E-state index contributed by atoms with van der Waals surface area (Å²) in [6.07, 6.45) is 3.41. The van der Waals surface area contributed by atoms with Crippen molar-refractivity contribution in [3.8, 4) is 5.75 Å². The fourth-order valence-corrected chi connectivity index (χ4v) is 4.16. The van der Waals surface area contributed by atoms with Crippen LogP contribution in [0.15, 0.2) is 53.4 Å². The summed E-state index contributed by atoms with van der Waals surface area (Å²) in [5, 5.41) is 7.20. The average molecular weight is 375 g/mol. The van der Waals surface area contributed by atoms with Gasteiger partial charge in [-0.2, -0.15) is 0 Å². The molecule has 2 aromatic rings. The highest BCUT2D eigenvalue weighted by Crippen LogP contribution is 2.26. The molecule has 0 bridgehead atoms. The van der Waals surface area contributed by atoms with Gasteiger partial charge in [-0.3, -0.25) is 0 Å². The number of sulfone groups is 1. The van der Waals surface area contributed by atoms with Crippen LogP contribution in [0.1, 0.15) is 30.0 Å². The third-order valence-corrected chi connectivity index (χ3v) is 5.96. The first-order valence-electron chi connectivity index (χ1n) is 8.88. The fraction of sp³-hybridized carbons (Fsp3) is 0.400. The molecule has 1 aliphatic rings. The van der Waals surface area contributed by atoms with Crippen molar-refractivity contribution in [2.24, 2.45) is 0 Å². The van der Waals surface area contributed by atoms with Crippen molar-refractivity contribution in [1.82, 2.24) is 10.6 Å². The lowest BCUT2D eigenvalue weighted by Crippen LogP contribution is -2.45. The highest BCUT2D eigenvalue weighted by molar-refractivity contribution is 7.90. The van der Waals surface area contributed by atoms with Gasteiger partial charge in [0.1, 0.15) is 5.75 Å². The van der Waals surface area contributed by atoms with Gasteiger partial charge in [-0.1, -0.05) is 30.3 Å². The van der Waals surface area contributed by atoms with Gasteiger partial charge < -0.3 is 15.4 Å². The van der Waals surface area contributed by atoms with E-state index in [1.807, 2.05) is 6.07 Å². The van der Waals surface area contributed by atoms with Crippen molar-refractivity contribution >= 4 is 9.84 Å². The summed E-state index contributed by atoms with van der Waals surface area (Å²) in [6, 6.07) is 16.0. The highest BCUT2D eigenvalue weighted by atomic mass is 32.2. The van der Waals surface area contributed by atoms with E-state index in [0.29, 0.717) is 17.2 Å². The third kappa shape index (κ3) is 4.44. The second-order valence-electron chi connectivity index (χ2n) is 6.72. The summed E-state index contributed by atoms with van der Waals surface area (Å²) in [7, 11) is -1.64. The molecule has 1 aliphatic heterocycles. The molecule has 2 atom stereocenters. The molecule has 0 unspecified atom stereocenters. The van der Waals surface area contributed by atoms with E-state index in [1.165, 1.54) is 11.8 Å². The molecule has 0 saturated carbocycles. The Balaban J connectivity index is 1.78. The molecule has 0 aromatic heterocycles. The Morgan fingerprint density at radius 3 is 2.65 bits per heavy atom. The van der Waals surface area contributed by atoms with Crippen molar-refractivity contribution in [3.63, 3.8) is 0 Å². The van der Waals surface area contributed by atoms with E-state index in [4.69, 9.17) is 4.74 Å². The van der Waals surface area contributed by atoms with E-state index < -0.39 is 9.84 Å². The molecule has 3 rings (SSSR count). The number of hydrogen-bond donors (Lipinski definition) is 2. The summed E-state index contributed by atoms with van der Waals surface area (Å²) in [5.41, 5.74) is 2.12. The second-order valence-corrected chi connectivity index (χ2v) is 8.73. The first-order valence-corrected chi connectivity index (χ1v) is 10.8. The lowest BCUT2D eigenvalue weighted by molar-refractivity contribution is 0.302. The number of hydrogen-bond acceptors (Lipinski definition) is 5. The van der Waals surface area contributed by atoms with E-state index in [1.54, 1.807) is 25.3 Å². The average Bonchev–Trinajstić information content (AvgIpc) is 2.66. The van der Waals surface area contributed by atoms with Crippen LogP contribution in [0, 0.1) is 0 Å². The van der Waals surface area contributed by atoms with Gasteiger partial charge in [0, 0.05) is 30.4 Å². The van der Waals surface area contributed by atoms with Crippen LogP contribution in [0.2, 0.25) is 0 Å². The van der Waals surface area contributed by atoms with Crippen LogP contribution >= 0.6 is 0 Å². The van der Waals surface area contributed by atoms with Crippen molar-refractivity contribution in [2.75, 3.05) is 19.9 Å². The predicted molar refractivity (Wildman–Crippen MR) is 103 cm³/mol. The Bertz CT molecular complexity index is 837. The number of piperidine rings is 1. The Labute approximate surface area is 155 Å². The molecule has 0 aliphatic carbocycles. The summed E-state index contributed by atoms with van der Waals surface area (Å²) in [6.45, 7) is 1.56. The van der Waals surface area contributed by atoms with Gasteiger partial charge in [0.15, 0.2) is 9.84 Å². The Hall–Kier alpha value is -1.89. The van der Waals surface area contributed by atoms with E-state index in [2.05, 4.69) is 34.9 Å². The van der Waals surface area contributed by atoms with Crippen LogP contribution in [0.4, 0.5) is 0 Å². The zero-order chi connectivity index (χ0) is 18.6. The minimum absolute atomic E-state index is 0.244. The number of ether oxygens (including phenoxy) is 1.